The number of aryl methyl sites for hydroxylation is 1. The Labute approximate surface area is 164 Å². The lowest BCUT2D eigenvalue weighted by Gasteiger charge is -2.28. The third-order valence-electron chi connectivity index (χ3n) is 5.11. The van der Waals surface area contributed by atoms with Gasteiger partial charge in [-0.2, -0.15) is 0 Å². The molecule has 6 heteroatoms. The predicted octanol–water partition coefficient (Wildman–Crippen LogP) is 3.36. The molecule has 142 valence electrons. The number of carbonyl (C=O) groups is 1. The van der Waals surface area contributed by atoms with Gasteiger partial charge in [0.25, 0.3) is 0 Å². The standard InChI is InChI=1S/C22H23N5O/c1-15-7-3-4-8-17(15)13-24-21-18-10-12-27(16(2)28)14-20(18)25-22(26-21)19-9-5-6-11-23-19/h3-9,11H,10,12-14H2,1-2H3,(H,24,25,26). The highest BCUT2D eigenvalue weighted by atomic mass is 16.2. The van der Waals surface area contributed by atoms with Crippen LogP contribution < -0.4 is 5.32 Å². The molecule has 4 rings (SSSR count). The molecule has 3 aromatic rings. The van der Waals surface area contributed by atoms with Gasteiger partial charge in [-0.05, 0) is 36.6 Å². The summed E-state index contributed by atoms with van der Waals surface area (Å²) in [6, 6.07) is 14.0. The van der Waals surface area contributed by atoms with E-state index >= 15 is 0 Å². The fourth-order valence-corrected chi connectivity index (χ4v) is 3.44. The molecule has 0 fully saturated rings. The SMILES string of the molecule is CC(=O)N1CCc2c(nc(-c3ccccn3)nc2NCc2ccccc2C)C1. The molecule has 0 saturated heterocycles. The normalized spacial score (nSPS) is 13.1. The molecule has 0 spiro atoms. The zero-order valence-corrected chi connectivity index (χ0v) is 16.1. The van der Waals surface area contributed by atoms with Gasteiger partial charge in [-0.25, -0.2) is 9.97 Å². The number of aromatic nitrogens is 3. The largest absolute Gasteiger partial charge is 0.366 e. The van der Waals surface area contributed by atoms with Gasteiger partial charge in [0.05, 0.1) is 12.2 Å². The maximum Gasteiger partial charge on any atom is 0.219 e. The summed E-state index contributed by atoms with van der Waals surface area (Å²) in [6.45, 7) is 5.59. The van der Waals surface area contributed by atoms with Gasteiger partial charge < -0.3 is 10.2 Å². The van der Waals surface area contributed by atoms with E-state index in [1.807, 2.05) is 35.2 Å². The molecule has 3 heterocycles. The number of benzene rings is 1. The van der Waals surface area contributed by atoms with Crippen molar-refractivity contribution >= 4 is 11.7 Å². The molecule has 0 unspecified atom stereocenters. The number of hydrogen-bond donors (Lipinski definition) is 1. The fourth-order valence-electron chi connectivity index (χ4n) is 3.44. The summed E-state index contributed by atoms with van der Waals surface area (Å²) >= 11 is 0. The van der Waals surface area contributed by atoms with Gasteiger partial charge in [-0.15, -0.1) is 0 Å². The fraction of sp³-hybridized carbons (Fsp3) is 0.273. The maximum atomic E-state index is 11.9. The van der Waals surface area contributed by atoms with E-state index in [9.17, 15) is 4.79 Å². The van der Waals surface area contributed by atoms with E-state index in [2.05, 4.69) is 29.4 Å². The van der Waals surface area contributed by atoms with E-state index in [0.29, 0.717) is 25.5 Å². The van der Waals surface area contributed by atoms with Crippen LogP contribution in [0.4, 0.5) is 5.82 Å². The number of hydrogen-bond acceptors (Lipinski definition) is 5. The molecule has 1 amide bonds. The Hall–Kier alpha value is -3.28. The van der Waals surface area contributed by atoms with Crippen molar-refractivity contribution in [3.05, 3.63) is 71.0 Å². The van der Waals surface area contributed by atoms with Gasteiger partial charge in [-0.1, -0.05) is 30.3 Å². The summed E-state index contributed by atoms with van der Waals surface area (Å²) in [7, 11) is 0. The Balaban J connectivity index is 1.71. The smallest absolute Gasteiger partial charge is 0.219 e. The van der Waals surface area contributed by atoms with Gasteiger partial charge in [-0.3, -0.25) is 9.78 Å². The van der Waals surface area contributed by atoms with Crippen LogP contribution in [0.2, 0.25) is 0 Å². The minimum absolute atomic E-state index is 0.0677. The quantitative estimate of drug-likeness (QED) is 0.759. The second kappa shape index (κ2) is 7.76. The number of anilines is 1. The monoisotopic (exact) mass is 373 g/mol. The topological polar surface area (TPSA) is 71.0 Å². The van der Waals surface area contributed by atoms with Gasteiger partial charge in [0.1, 0.15) is 11.5 Å². The van der Waals surface area contributed by atoms with Crippen LogP contribution in [0.1, 0.15) is 29.3 Å². The number of pyridine rings is 1. The van der Waals surface area contributed by atoms with Gasteiger partial charge in [0, 0.05) is 31.8 Å². The predicted molar refractivity (Wildman–Crippen MR) is 109 cm³/mol. The molecule has 0 bridgehead atoms. The van der Waals surface area contributed by atoms with E-state index in [0.717, 1.165) is 29.2 Å². The van der Waals surface area contributed by atoms with Crippen molar-refractivity contribution in [2.24, 2.45) is 0 Å². The molecule has 1 aromatic carbocycles. The number of nitrogens with one attached hydrogen (secondary N) is 1. The van der Waals surface area contributed by atoms with Crippen LogP contribution in [0.15, 0.2) is 48.7 Å². The summed E-state index contributed by atoms with van der Waals surface area (Å²) in [6.07, 6.45) is 2.48. The van der Waals surface area contributed by atoms with Crippen molar-refractivity contribution < 1.29 is 4.79 Å². The van der Waals surface area contributed by atoms with Crippen LogP contribution in [0.3, 0.4) is 0 Å². The number of amides is 1. The minimum atomic E-state index is 0.0677. The lowest BCUT2D eigenvalue weighted by Crippen LogP contribution is -2.35. The Morgan fingerprint density at radius 1 is 1.14 bits per heavy atom. The second-order valence-electron chi connectivity index (χ2n) is 7.01. The third kappa shape index (κ3) is 3.71. The van der Waals surface area contributed by atoms with E-state index < -0.39 is 0 Å². The first kappa shape index (κ1) is 18.1. The van der Waals surface area contributed by atoms with Crippen molar-refractivity contribution in [2.75, 3.05) is 11.9 Å². The van der Waals surface area contributed by atoms with Crippen LogP contribution in [0.5, 0.6) is 0 Å². The molecule has 0 saturated carbocycles. The Kier molecular flexibility index (Phi) is 5.02. The molecule has 0 aliphatic carbocycles. The molecular weight excluding hydrogens is 350 g/mol. The first-order valence-corrected chi connectivity index (χ1v) is 9.47. The van der Waals surface area contributed by atoms with Gasteiger partial charge >= 0.3 is 0 Å². The average molecular weight is 373 g/mol. The Bertz CT molecular complexity index is 1000. The molecule has 1 aliphatic heterocycles. The highest BCUT2D eigenvalue weighted by Crippen LogP contribution is 2.27. The van der Waals surface area contributed by atoms with Crippen molar-refractivity contribution in [1.29, 1.82) is 0 Å². The van der Waals surface area contributed by atoms with Crippen LogP contribution in [0.25, 0.3) is 11.5 Å². The maximum absolute atomic E-state index is 11.9. The highest BCUT2D eigenvalue weighted by Gasteiger charge is 2.24. The molecule has 28 heavy (non-hydrogen) atoms. The minimum Gasteiger partial charge on any atom is -0.366 e. The molecule has 1 aliphatic rings. The van der Waals surface area contributed by atoms with Crippen LogP contribution in [-0.2, 0) is 24.3 Å². The summed E-state index contributed by atoms with van der Waals surface area (Å²) in [4.78, 5) is 27.6. The highest BCUT2D eigenvalue weighted by molar-refractivity contribution is 5.74. The molecule has 1 N–H and O–H groups in total. The zero-order chi connectivity index (χ0) is 19.5. The second-order valence-corrected chi connectivity index (χ2v) is 7.01. The van der Waals surface area contributed by atoms with E-state index in [-0.39, 0.29) is 5.91 Å². The summed E-state index contributed by atoms with van der Waals surface area (Å²) < 4.78 is 0. The van der Waals surface area contributed by atoms with Gasteiger partial charge in [0.15, 0.2) is 5.82 Å². The Morgan fingerprint density at radius 2 is 1.96 bits per heavy atom. The molecule has 0 radical (unpaired) electrons. The number of carbonyl (C=O) groups excluding carboxylic acids is 1. The van der Waals surface area contributed by atoms with E-state index in [4.69, 9.17) is 9.97 Å². The summed E-state index contributed by atoms with van der Waals surface area (Å²) in [5, 5.41) is 3.50. The molecule has 2 aromatic heterocycles. The molecule has 6 nitrogen and oxygen atoms in total. The molecule has 0 atom stereocenters. The lowest BCUT2D eigenvalue weighted by atomic mass is 10.0. The lowest BCUT2D eigenvalue weighted by molar-refractivity contribution is -0.129. The Morgan fingerprint density at radius 3 is 2.71 bits per heavy atom. The third-order valence-corrected chi connectivity index (χ3v) is 5.11. The van der Waals surface area contributed by atoms with Crippen LogP contribution in [-0.4, -0.2) is 32.3 Å². The number of rotatable bonds is 4. The summed E-state index contributed by atoms with van der Waals surface area (Å²) in [5.41, 5.74) is 5.18. The van der Waals surface area contributed by atoms with Crippen LogP contribution >= 0.6 is 0 Å². The zero-order valence-electron chi connectivity index (χ0n) is 16.1. The average Bonchev–Trinajstić information content (AvgIpc) is 2.73. The summed E-state index contributed by atoms with van der Waals surface area (Å²) in [5.74, 6) is 1.48. The first-order valence-electron chi connectivity index (χ1n) is 9.47. The van der Waals surface area contributed by atoms with Crippen LogP contribution in [0, 0.1) is 6.92 Å². The number of nitrogens with zero attached hydrogens (tertiary/aromatic N) is 4. The molecular formula is C22H23N5O. The van der Waals surface area contributed by atoms with Crippen molar-refractivity contribution in [1.82, 2.24) is 19.9 Å². The van der Waals surface area contributed by atoms with Crippen molar-refractivity contribution in [3.63, 3.8) is 0 Å². The van der Waals surface area contributed by atoms with Crippen molar-refractivity contribution in [2.45, 2.75) is 33.4 Å². The van der Waals surface area contributed by atoms with E-state index in [1.54, 1.807) is 13.1 Å². The number of fused-ring (bicyclic) bond motifs is 1. The van der Waals surface area contributed by atoms with E-state index in [1.165, 1.54) is 11.1 Å². The first-order chi connectivity index (χ1) is 13.6. The van der Waals surface area contributed by atoms with Crippen molar-refractivity contribution in [3.8, 4) is 11.5 Å². The van der Waals surface area contributed by atoms with Gasteiger partial charge in [0.2, 0.25) is 5.91 Å².